The number of aliphatic hydroxyl groups is 3. The number of nitrogens with one attached hydrogen (secondary N) is 1. The molecule has 3 unspecified atom stereocenters. The monoisotopic (exact) mass is 460 g/mol. The van der Waals surface area contributed by atoms with Crippen LogP contribution in [0.15, 0.2) is 17.5 Å². The zero-order valence-electron chi connectivity index (χ0n) is 20.8. The molecular formula is C27H44N2O4. The maximum atomic E-state index is 11.8. The SMILES string of the molecule is C=C1N=C(C[C@@H](C)[C@H]2CCC3C4C([C@@H](O)C[C@@]32C)[C@@]2(C)CC[C@@H](O)C[C@H]2[C@@H](CC)[C@H]4O)NO1. The largest absolute Gasteiger partial charge is 0.393 e. The van der Waals surface area contributed by atoms with E-state index in [2.05, 4.69) is 44.7 Å². The van der Waals surface area contributed by atoms with Gasteiger partial charge in [0, 0.05) is 6.42 Å². The standard InChI is InChI=1S/C27H44N2O4/c1-6-17-20-12-16(30)9-10-26(20,4)24-21(31)13-27(5)18(7-8-19(27)23(24)25(17)32)14(2)11-22-28-15(3)33-29-22/h14,16-21,23-25,30-32H,3,6-13H2,1-2,4-5H3,(H,28,29)/t14-,16-,17-,18-,19?,20+,21+,23?,24?,25-,26+,27-/m1/s1. The third kappa shape index (κ3) is 3.49. The van der Waals surface area contributed by atoms with E-state index in [0.29, 0.717) is 23.6 Å². The minimum atomic E-state index is -0.399. The maximum Gasteiger partial charge on any atom is 0.240 e. The average molecular weight is 461 g/mol. The second kappa shape index (κ2) is 8.23. The van der Waals surface area contributed by atoms with E-state index in [1.807, 2.05) is 0 Å². The molecule has 6 nitrogen and oxygen atoms in total. The summed E-state index contributed by atoms with van der Waals surface area (Å²) in [7, 11) is 0. The average Bonchev–Trinajstić information content (AvgIpc) is 3.31. The van der Waals surface area contributed by atoms with Crippen LogP contribution in [0.1, 0.15) is 79.1 Å². The molecule has 0 spiro atoms. The smallest absolute Gasteiger partial charge is 0.240 e. The number of hydroxylamine groups is 1. The van der Waals surface area contributed by atoms with Crippen molar-refractivity contribution in [1.29, 1.82) is 0 Å². The molecule has 12 atom stereocenters. The molecule has 33 heavy (non-hydrogen) atoms. The van der Waals surface area contributed by atoms with Crippen LogP contribution in [0.3, 0.4) is 0 Å². The first kappa shape index (κ1) is 23.6. The minimum absolute atomic E-state index is 0.00550. The molecule has 5 aliphatic rings. The van der Waals surface area contributed by atoms with Crippen LogP contribution in [0.2, 0.25) is 0 Å². The second-order valence-corrected chi connectivity index (χ2v) is 12.6. The predicted octanol–water partition coefficient (Wildman–Crippen LogP) is 4.01. The summed E-state index contributed by atoms with van der Waals surface area (Å²) >= 11 is 0. The molecule has 0 aromatic rings. The molecule has 6 heteroatoms. The lowest BCUT2D eigenvalue weighted by Crippen LogP contribution is -2.65. The fraction of sp³-hybridized carbons (Fsp3) is 0.889. The summed E-state index contributed by atoms with van der Waals surface area (Å²) in [5.74, 6) is 3.32. The number of aliphatic imine (C=N–C) groups is 1. The van der Waals surface area contributed by atoms with Crippen LogP contribution in [-0.4, -0.2) is 39.5 Å². The van der Waals surface area contributed by atoms with Crippen LogP contribution in [0.4, 0.5) is 0 Å². The van der Waals surface area contributed by atoms with Gasteiger partial charge in [-0.05, 0) is 97.4 Å². The molecule has 0 radical (unpaired) electrons. The Labute approximate surface area is 198 Å². The summed E-state index contributed by atoms with van der Waals surface area (Å²) in [4.78, 5) is 9.60. The summed E-state index contributed by atoms with van der Waals surface area (Å²) < 4.78 is 0. The van der Waals surface area contributed by atoms with Crippen LogP contribution in [0.25, 0.3) is 0 Å². The van der Waals surface area contributed by atoms with Crippen molar-refractivity contribution >= 4 is 5.84 Å². The van der Waals surface area contributed by atoms with Crippen molar-refractivity contribution < 1.29 is 20.2 Å². The molecule has 4 saturated carbocycles. The van der Waals surface area contributed by atoms with Crippen LogP contribution in [-0.2, 0) is 4.84 Å². The molecule has 0 aromatic carbocycles. The normalized spacial score (nSPS) is 52.2. The quantitative estimate of drug-likeness (QED) is 0.508. The van der Waals surface area contributed by atoms with Crippen LogP contribution in [0, 0.1) is 52.3 Å². The summed E-state index contributed by atoms with van der Waals surface area (Å²) in [6.07, 6.45) is 6.31. The first-order chi connectivity index (χ1) is 15.6. The molecule has 0 bridgehead atoms. The van der Waals surface area contributed by atoms with Gasteiger partial charge in [0.1, 0.15) is 5.84 Å². The summed E-state index contributed by atoms with van der Waals surface area (Å²) in [5, 5.41) is 34.0. The highest BCUT2D eigenvalue weighted by Crippen LogP contribution is 2.69. The van der Waals surface area contributed by atoms with Gasteiger partial charge in [0.15, 0.2) is 0 Å². The van der Waals surface area contributed by atoms with E-state index in [1.165, 1.54) is 0 Å². The van der Waals surface area contributed by atoms with E-state index >= 15 is 0 Å². The van der Waals surface area contributed by atoms with E-state index < -0.39 is 12.2 Å². The van der Waals surface area contributed by atoms with Gasteiger partial charge in [-0.25, -0.2) is 5.48 Å². The van der Waals surface area contributed by atoms with Gasteiger partial charge in [0.05, 0.1) is 18.3 Å². The molecule has 186 valence electrons. The van der Waals surface area contributed by atoms with E-state index in [4.69, 9.17) is 4.84 Å². The van der Waals surface area contributed by atoms with Crippen molar-refractivity contribution in [1.82, 2.24) is 5.48 Å². The van der Waals surface area contributed by atoms with E-state index in [0.717, 1.165) is 57.2 Å². The van der Waals surface area contributed by atoms with Crippen molar-refractivity contribution in [3.63, 3.8) is 0 Å². The van der Waals surface area contributed by atoms with Gasteiger partial charge < -0.3 is 20.2 Å². The topological polar surface area (TPSA) is 94.3 Å². The Balaban J connectivity index is 1.45. The van der Waals surface area contributed by atoms with Gasteiger partial charge in [-0.1, -0.05) is 34.1 Å². The Kier molecular flexibility index (Phi) is 5.90. The summed E-state index contributed by atoms with van der Waals surface area (Å²) in [6.45, 7) is 13.0. The van der Waals surface area contributed by atoms with Crippen molar-refractivity contribution in [2.45, 2.75) is 97.4 Å². The van der Waals surface area contributed by atoms with Crippen LogP contribution >= 0.6 is 0 Å². The maximum absolute atomic E-state index is 11.8. The Morgan fingerprint density at radius 1 is 1.15 bits per heavy atom. The Hall–Kier alpha value is -1.11. The second-order valence-electron chi connectivity index (χ2n) is 12.6. The summed E-state index contributed by atoms with van der Waals surface area (Å²) in [6, 6.07) is 0. The lowest BCUT2D eigenvalue weighted by atomic mass is 9.40. The third-order valence-electron chi connectivity index (χ3n) is 11.1. The molecule has 4 aliphatic carbocycles. The molecule has 4 N–H and O–H groups in total. The highest BCUT2D eigenvalue weighted by Gasteiger charge is 2.67. The van der Waals surface area contributed by atoms with Crippen molar-refractivity contribution in [3.8, 4) is 0 Å². The highest BCUT2D eigenvalue weighted by molar-refractivity contribution is 5.83. The molecule has 5 rings (SSSR count). The number of hydrogen-bond acceptors (Lipinski definition) is 6. The molecule has 0 saturated heterocycles. The third-order valence-corrected chi connectivity index (χ3v) is 11.1. The molecule has 1 aliphatic heterocycles. The van der Waals surface area contributed by atoms with Gasteiger partial charge in [0.25, 0.3) is 0 Å². The van der Waals surface area contributed by atoms with Crippen LogP contribution < -0.4 is 5.48 Å². The van der Waals surface area contributed by atoms with E-state index in [-0.39, 0.29) is 40.6 Å². The van der Waals surface area contributed by atoms with Gasteiger partial charge >= 0.3 is 0 Å². The molecule has 4 fully saturated rings. The Morgan fingerprint density at radius 3 is 2.58 bits per heavy atom. The summed E-state index contributed by atoms with van der Waals surface area (Å²) in [5.41, 5.74) is 2.90. The zero-order valence-corrected chi connectivity index (χ0v) is 20.8. The first-order valence-corrected chi connectivity index (χ1v) is 13.3. The van der Waals surface area contributed by atoms with Crippen LogP contribution in [0.5, 0.6) is 0 Å². The van der Waals surface area contributed by atoms with Gasteiger partial charge in [-0.2, -0.15) is 4.99 Å². The first-order valence-electron chi connectivity index (χ1n) is 13.3. The molecular weight excluding hydrogens is 416 g/mol. The zero-order chi connectivity index (χ0) is 23.7. The number of aliphatic hydroxyl groups excluding tert-OH is 3. The number of fused-ring (bicyclic) bond motifs is 5. The van der Waals surface area contributed by atoms with Gasteiger partial charge in [-0.15, -0.1) is 0 Å². The Bertz CT molecular complexity index is 816. The molecule has 0 amide bonds. The fourth-order valence-corrected chi connectivity index (χ4v) is 9.90. The number of amidine groups is 1. The number of rotatable bonds is 4. The van der Waals surface area contributed by atoms with E-state index in [1.54, 1.807) is 0 Å². The Morgan fingerprint density at radius 2 is 1.91 bits per heavy atom. The number of hydrogen-bond donors (Lipinski definition) is 4. The van der Waals surface area contributed by atoms with Gasteiger partial charge in [-0.3, -0.25) is 0 Å². The van der Waals surface area contributed by atoms with Crippen molar-refractivity contribution in [3.05, 3.63) is 12.5 Å². The van der Waals surface area contributed by atoms with Gasteiger partial charge in [0.2, 0.25) is 5.88 Å². The lowest BCUT2D eigenvalue weighted by molar-refractivity contribution is -0.235. The van der Waals surface area contributed by atoms with E-state index in [9.17, 15) is 15.3 Å². The molecule has 0 aromatic heterocycles. The molecule has 1 heterocycles. The minimum Gasteiger partial charge on any atom is -0.393 e. The fourth-order valence-electron chi connectivity index (χ4n) is 9.90. The predicted molar refractivity (Wildman–Crippen MR) is 128 cm³/mol. The lowest BCUT2D eigenvalue weighted by Gasteiger charge is -2.66. The highest BCUT2D eigenvalue weighted by atomic mass is 16.7. The van der Waals surface area contributed by atoms with Crippen molar-refractivity contribution in [2.24, 2.45) is 57.2 Å². The number of nitrogens with zero attached hydrogens (tertiary/aromatic N) is 1. The van der Waals surface area contributed by atoms with Crippen molar-refractivity contribution in [2.75, 3.05) is 0 Å².